The predicted molar refractivity (Wildman–Crippen MR) is 67.0 cm³/mol. The third-order valence-corrected chi connectivity index (χ3v) is 3.59. The van der Waals surface area contributed by atoms with Gasteiger partial charge in [0.15, 0.2) is 23.1 Å². The van der Waals surface area contributed by atoms with Crippen LogP contribution in [0.5, 0.6) is 0 Å². The lowest BCUT2D eigenvalue weighted by Crippen LogP contribution is -2.53. The fourth-order valence-electron chi connectivity index (χ4n) is 2.04. The molecule has 0 aromatic heterocycles. The second-order valence-corrected chi connectivity index (χ2v) is 4.92. The second-order valence-electron chi connectivity index (χ2n) is 4.92. The van der Waals surface area contributed by atoms with E-state index in [4.69, 9.17) is 7.85 Å². The van der Waals surface area contributed by atoms with E-state index in [0.717, 1.165) is 0 Å². The lowest BCUT2D eigenvalue weighted by Gasteiger charge is -2.28. The number of hydrogen-bond donors (Lipinski definition) is 0. The van der Waals surface area contributed by atoms with E-state index in [1.807, 2.05) is 0 Å². The van der Waals surface area contributed by atoms with Gasteiger partial charge in [-0.2, -0.15) is 0 Å². The summed E-state index contributed by atoms with van der Waals surface area (Å²) in [5.74, 6) is -10.6. The van der Waals surface area contributed by atoms with E-state index in [1.54, 1.807) is 0 Å². The van der Waals surface area contributed by atoms with Crippen LogP contribution < -0.4 is 0 Å². The van der Waals surface area contributed by atoms with Crippen molar-refractivity contribution in [3.05, 3.63) is 0 Å². The molecule has 0 N–H and O–H groups in total. The van der Waals surface area contributed by atoms with Gasteiger partial charge in [0.1, 0.15) is 30.3 Å². The molecule has 1 fully saturated rings. The Morgan fingerprint density at radius 1 is 1.00 bits per heavy atom. The molecule has 6 nitrogen and oxygen atoms in total. The summed E-state index contributed by atoms with van der Waals surface area (Å²) in [6.07, 6.45) is 0.120. The van der Waals surface area contributed by atoms with Crippen LogP contribution in [-0.4, -0.2) is 43.6 Å². The summed E-state index contributed by atoms with van der Waals surface area (Å²) in [5, 5.41) is 0. The van der Waals surface area contributed by atoms with Crippen molar-refractivity contribution < 1.29 is 28.8 Å². The van der Waals surface area contributed by atoms with Crippen molar-refractivity contribution in [1.82, 2.24) is 0 Å². The molecule has 0 amide bonds. The molecule has 1 aliphatic rings. The quantitative estimate of drug-likeness (QED) is 0.367. The van der Waals surface area contributed by atoms with Gasteiger partial charge in [-0.3, -0.25) is 19.2 Å². The van der Waals surface area contributed by atoms with Crippen LogP contribution in [0.3, 0.4) is 0 Å². The van der Waals surface area contributed by atoms with Crippen LogP contribution in [0.1, 0.15) is 13.8 Å². The van der Waals surface area contributed by atoms with E-state index in [0.29, 0.717) is 0 Å². The standard InChI is InChI=1S/C13H13BO6/c1-5(6(2)14)10(17)9-12(19)7(3-15)11(18)8(4-16)13(9)20/h3-9H,1-2H3/t5?,6-,7?,8?,9?/m0/s1. The zero-order valence-electron chi connectivity index (χ0n) is 11.1. The lowest BCUT2D eigenvalue weighted by atomic mass is 9.66. The van der Waals surface area contributed by atoms with E-state index in [2.05, 4.69) is 0 Å². The molecule has 0 heterocycles. The van der Waals surface area contributed by atoms with Crippen molar-refractivity contribution in [3.63, 3.8) is 0 Å². The van der Waals surface area contributed by atoms with Crippen LogP contribution in [0, 0.1) is 23.7 Å². The smallest absolute Gasteiger partial charge is 0.168 e. The van der Waals surface area contributed by atoms with Crippen molar-refractivity contribution in [2.24, 2.45) is 23.7 Å². The molecule has 3 unspecified atom stereocenters. The predicted octanol–water partition coefficient (Wildman–Crippen LogP) is -0.864. The number of rotatable bonds is 5. The molecule has 104 valence electrons. The average molecular weight is 276 g/mol. The first-order chi connectivity index (χ1) is 9.27. The highest BCUT2D eigenvalue weighted by atomic mass is 16.2. The van der Waals surface area contributed by atoms with Crippen LogP contribution in [0.15, 0.2) is 0 Å². The Kier molecular flexibility index (Phi) is 4.86. The maximum absolute atomic E-state index is 12.1. The van der Waals surface area contributed by atoms with Gasteiger partial charge in [0.2, 0.25) is 0 Å². The molecule has 0 bridgehead atoms. The normalized spacial score (nSPS) is 29.7. The molecule has 1 aliphatic carbocycles. The number of carbonyl (C=O) groups is 6. The molecule has 1 saturated carbocycles. The van der Waals surface area contributed by atoms with Gasteiger partial charge < -0.3 is 9.59 Å². The first-order valence-corrected chi connectivity index (χ1v) is 6.09. The summed E-state index contributed by atoms with van der Waals surface area (Å²) in [7, 11) is 5.55. The van der Waals surface area contributed by atoms with E-state index >= 15 is 0 Å². The van der Waals surface area contributed by atoms with Crippen molar-refractivity contribution in [2.75, 3.05) is 0 Å². The van der Waals surface area contributed by atoms with Gasteiger partial charge in [0.05, 0.1) is 7.85 Å². The first-order valence-electron chi connectivity index (χ1n) is 6.09. The molecular weight excluding hydrogens is 263 g/mol. The van der Waals surface area contributed by atoms with Gasteiger partial charge in [-0.05, 0) is 0 Å². The third kappa shape index (κ3) is 2.52. The number of aldehydes is 2. The molecule has 0 aliphatic heterocycles. The Labute approximate surface area is 116 Å². The summed E-state index contributed by atoms with van der Waals surface area (Å²) in [6, 6.07) is 0. The highest BCUT2D eigenvalue weighted by Gasteiger charge is 2.52. The van der Waals surface area contributed by atoms with Gasteiger partial charge >= 0.3 is 0 Å². The Morgan fingerprint density at radius 2 is 1.40 bits per heavy atom. The van der Waals surface area contributed by atoms with Crippen LogP contribution >= 0.6 is 0 Å². The van der Waals surface area contributed by atoms with Crippen molar-refractivity contribution >= 4 is 43.6 Å². The van der Waals surface area contributed by atoms with Gasteiger partial charge in [-0.1, -0.05) is 19.7 Å². The average Bonchev–Trinajstić information content (AvgIpc) is 2.38. The molecule has 0 aromatic carbocycles. The zero-order chi connectivity index (χ0) is 15.6. The summed E-state index contributed by atoms with van der Waals surface area (Å²) >= 11 is 0. The fraction of sp³-hybridized carbons (Fsp3) is 0.538. The lowest BCUT2D eigenvalue weighted by molar-refractivity contribution is -0.153. The summed E-state index contributed by atoms with van der Waals surface area (Å²) in [4.78, 5) is 69.3. The van der Waals surface area contributed by atoms with Gasteiger partial charge in [0, 0.05) is 5.92 Å². The second kappa shape index (κ2) is 6.03. The van der Waals surface area contributed by atoms with Crippen LogP contribution in [0.4, 0.5) is 0 Å². The van der Waals surface area contributed by atoms with Crippen LogP contribution in [0.25, 0.3) is 0 Å². The molecule has 4 atom stereocenters. The third-order valence-electron chi connectivity index (χ3n) is 3.59. The maximum atomic E-state index is 12.1. The van der Waals surface area contributed by atoms with Crippen LogP contribution in [-0.2, 0) is 28.8 Å². The number of carbonyl (C=O) groups excluding carboxylic acids is 6. The Balaban J connectivity index is 3.23. The van der Waals surface area contributed by atoms with Gasteiger partial charge in [0.25, 0.3) is 0 Å². The molecular formula is C13H13BO6. The Hall–Kier alpha value is -1.92. The minimum atomic E-state index is -1.76. The minimum absolute atomic E-state index is 0.0599. The summed E-state index contributed by atoms with van der Waals surface area (Å²) in [6.45, 7) is 2.97. The maximum Gasteiger partial charge on any atom is 0.168 e. The summed E-state index contributed by atoms with van der Waals surface area (Å²) in [5.41, 5.74) is 0. The Morgan fingerprint density at radius 3 is 1.70 bits per heavy atom. The van der Waals surface area contributed by atoms with Crippen molar-refractivity contribution in [3.8, 4) is 0 Å². The Bertz CT molecular complexity index is 465. The van der Waals surface area contributed by atoms with E-state index in [1.165, 1.54) is 13.8 Å². The topological polar surface area (TPSA) is 102 Å². The molecule has 0 spiro atoms. The van der Waals surface area contributed by atoms with E-state index < -0.39 is 52.6 Å². The fourth-order valence-corrected chi connectivity index (χ4v) is 2.04. The molecule has 2 radical (unpaired) electrons. The minimum Gasteiger partial charge on any atom is -0.302 e. The zero-order valence-corrected chi connectivity index (χ0v) is 11.1. The molecule has 0 aromatic rings. The molecule has 0 saturated heterocycles. The van der Waals surface area contributed by atoms with Crippen molar-refractivity contribution in [1.29, 1.82) is 0 Å². The molecule has 1 rings (SSSR count). The monoisotopic (exact) mass is 276 g/mol. The highest BCUT2D eigenvalue weighted by molar-refractivity contribution is 6.39. The molecule has 20 heavy (non-hydrogen) atoms. The first kappa shape index (κ1) is 16.1. The van der Waals surface area contributed by atoms with Crippen molar-refractivity contribution in [2.45, 2.75) is 19.7 Å². The number of Topliss-reactive ketones (excluding diaryl/α,β-unsaturated/α-hetero) is 4. The molecule has 7 heteroatoms. The van der Waals surface area contributed by atoms with Crippen LogP contribution in [0.2, 0.25) is 5.82 Å². The van der Waals surface area contributed by atoms with Gasteiger partial charge in [-0.25, -0.2) is 0 Å². The van der Waals surface area contributed by atoms with E-state index in [9.17, 15) is 28.8 Å². The number of hydrogen-bond acceptors (Lipinski definition) is 6. The summed E-state index contributed by atoms with van der Waals surface area (Å²) < 4.78 is 0. The number of ketones is 4. The highest BCUT2D eigenvalue weighted by Crippen LogP contribution is 2.28. The van der Waals surface area contributed by atoms with Gasteiger partial charge in [-0.15, -0.1) is 0 Å². The SMILES string of the molecule is [B][C@@H](C)C(C)C(=O)C1C(=O)C(C=O)C(=O)C(C=O)C1=O. The van der Waals surface area contributed by atoms with E-state index in [-0.39, 0.29) is 12.6 Å². The largest absolute Gasteiger partial charge is 0.302 e.